The summed E-state index contributed by atoms with van der Waals surface area (Å²) in [4.78, 5) is 17.1. The van der Waals surface area contributed by atoms with Gasteiger partial charge in [0.25, 0.3) is 5.91 Å². The zero-order chi connectivity index (χ0) is 21.5. The van der Waals surface area contributed by atoms with E-state index in [1.807, 2.05) is 53.4 Å². The van der Waals surface area contributed by atoms with Crippen LogP contribution in [0.15, 0.2) is 48.5 Å². The molecule has 0 N–H and O–H groups in total. The van der Waals surface area contributed by atoms with Gasteiger partial charge in [-0.1, -0.05) is 11.6 Å². The molecule has 2 aliphatic rings. The molecule has 7 heteroatoms. The Hall–Kier alpha value is -2.28. The Morgan fingerprint density at radius 3 is 2.32 bits per heavy atom. The fourth-order valence-corrected chi connectivity index (χ4v) is 3.97. The van der Waals surface area contributed by atoms with E-state index in [0.29, 0.717) is 23.8 Å². The number of piperazine rings is 1. The van der Waals surface area contributed by atoms with Crippen molar-refractivity contribution in [3.8, 4) is 11.5 Å². The molecule has 1 atom stereocenters. The molecule has 31 heavy (non-hydrogen) atoms. The molecule has 4 rings (SSSR count). The van der Waals surface area contributed by atoms with Gasteiger partial charge in [-0.3, -0.25) is 9.69 Å². The van der Waals surface area contributed by atoms with Crippen LogP contribution in [0, 0.1) is 0 Å². The largest absolute Gasteiger partial charge is 0.492 e. The maximum Gasteiger partial charge on any atom is 0.253 e. The molecule has 2 aromatic carbocycles. The molecule has 0 saturated carbocycles. The smallest absolute Gasteiger partial charge is 0.253 e. The lowest BCUT2D eigenvalue weighted by Gasteiger charge is -2.34. The molecular weight excluding hydrogens is 416 g/mol. The van der Waals surface area contributed by atoms with E-state index in [-0.39, 0.29) is 12.0 Å². The molecule has 0 aliphatic carbocycles. The average molecular weight is 445 g/mol. The van der Waals surface area contributed by atoms with Gasteiger partial charge in [0.05, 0.1) is 6.10 Å². The topological polar surface area (TPSA) is 51.2 Å². The summed E-state index contributed by atoms with van der Waals surface area (Å²) in [7, 11) is 0. The summed E-state index contributed by atoms with van der Waals surface area (Å²) in [6.45, 7) is 5.97. The van der Waals surface area contributed by atoms with Crippen molar-refractivity contribution in [3.63, 3.8) is 0 Å². The molecule has 166 valence electrons. The second kappa shape index (κ2) is 10.8. The van der Waals surface area contributed by atoms with Gasteiger partial charge in [0.2, 0.25) is 0 Å². The molecule has 0 radical (unpaired) electrons. The van der Waals surface area contributed by atoms with Gasteiger partial charge in [-0.05, 0) is 61.4 Å². The summed E-state index contributed by atoms with van der Waals surface area (Å²) >= 11 is 5.89. The lowest BCUT2D eigenvalue weighted by molar-refractivity contribution is 0.0619. The van der Waals surface area contributed by atoms with Gasteiger partial charge < -0.3 is 19.1 Å². The van der Waals surface area contributed by atoms with Crippen LogP contribution in [-0.4, -0.2) is 74.4 Å². The Kier molecular flexibility index (Phi) is 7.67. The van der Waals surface area contributed by atoms with Crippen LogP contribution >= 0.6 is 11.6 Å². The minimum Gasteiger partial charge on any atom is -0.492 e. The molecule has 0 aromatic heterocycles. The Morgan fingerprint density at radius 1 is 0.968 bits per heavy atom. The molecule has 0 spiro atoms. The predicted octanol–water partition coefficient (Wildman–Crippen LogP) is 3.73. The maximum absolute atomic E-state index is 12.8. The van der Waals surface area contributed by atoms with Crippen LogP contribution in [0.5, 0.6) is 11.5 Å². The Morgan fingerprint density at radius 2 is 1.65 bits per heavy atom. The van der Waals surface area contributed by atoms with Gasteiger partial charge in [0.15, 0.2) is 0 Å². The first-order valence-corrected chi connectivity index (χ1v) is 11.3. The van der Waals surface area contributed by atoms with Gasteiger partial charge in [-0.2, -0.15) is 0 Å². The number of nitrogens with zero attached hydrogens (tertiary/aromatic N) is 2. The normalized spacial score (nSPS) is 19.4. The van der Waals surface area contributed by atoms with Crippen LogP contribution in [0.4, 0.5) is 0 Å². The summed E-state index contributed by atoms with van der Waals surface area (Å²) < 4.78 is 17.1. The van der Waals surface area contributed by atoms with E-state index in [0.717, 1.165) is 63.7 Å². The second-order valence-corrected chi connectivity index (χ2v) is 8.34. The van der Waals surface area contributed by atoms with Crippen LogP contribution in [0.3, 0.4) is 0 Å². The van der Waals surface area contributed by atoms with E-state index in [1.165, 1.54) is 0 Å². The molecule has 6 nitrogen and oxygen atoms in total. The van der Waals surface area contributed by atoms with Crippen molar-refractivity contribution < 1.29 is 19.0 Å². The van der Waals surface area contributed by atoms with Gasteiger partial charge >= 0.3 is 0 Å². The zero-order valence-electron chi connectivity index (χ0n) is 17.7. The minimum atomic E-state index is 0.0720. The van der Waals surface area contributed by atoms with Gasteiger partial charge in [-0.25, -0.2) is 0 Å². The Labute approximate surface area is 188 Å². The first kappa shape index (κ1) is 21.9. The molecule has 2 saturated heterocycles. The first-order valence-electron chi connectivity index (χ1n) is 10.9. The first-order chi connectivity index (χ1) is 15.2. The standard InChI is InChI=1S/C24H29ClN2O4/c25-20-5-9-21(10-6-20)30-17-15-26-11-13-27(14-12-26)24(28)19-3-7-22(8-4-19)31-18-23-2-1-16-29-23/h3-10,23H,1-2,11-18H2/t23-/m1/s1. The van der Waals surface area contributed by atoms with Crippen LogP contribution in [0.25, 0.3) is 0 Å². The Balaban J connectivity index is 1.17. The van der Waals surface area contributed by atoms with Crippen molar-refractivity contribution in [2.75, 3.05) is 52.5 Å². The number of carbonyl (C=O) groups excluding carboxylic acids is 1. The van der Waals surface area contributed by atoms with Crippen molar-refractivity contribution in [1.82, 2.24) is 9.80 Å². The molecule has 1 amide bonds. The van der Waals surface area contributed by atoms with Crippen LogP contribution in [0.2, 0.25) is 5.02 Å². The van der Waals surface area contributed by atoms with Crippen molar-refractivity contribution >= 4 is 17.5 Å². The fourth-order valence-electron chi connectivity index (χ4n) is 3.84. The molecule has 0 unspecified atom stereocenters. The van der Waals surface area contributed by atoms with Crippen LogP contribution < -0.4 is 9.47 Å². The molecule has 2 aromatic rings. The van der Waals surface area contributed by atoms with E-state index in [1.54, 1.807) is 0 Å². The number of amides is 1. The summed E-state index contributed by atoms with van der Waals surface area (Å²) in [6, 6.07) is 14.8. The Bertz CT molecular complexity index is 830. The fraction of sp³-hybridized carbons (Fsp3) is 0.458. The van der Waals surface area contributed by atoms with E-state index in [9.17, 15) is 4.79 Å². The third-order valence-electron chi connectivity index (χ3n) is 5.71. The number of rotatable bonds is 8. The number of hydrogen-bond donors (Lipinski definition) is 0. The minimum absolute atomic E-state index is 0.0720. The van der Waals surface area contributed by atoms with E-state index < -0.39 is 0 Å². The van der Waals surface area contributed by atoms with Crippen molar-refractivity contribution in [3.05, 3.63) is 59.1 Å². The zero-order valence-corrected chi connectivity index (χ0v) is 18.4. The van der Waals surface area contributed by atoms with E-state index >= 15 is 0 Å². The maximum atomic E-state index is 12.8. The lowest BCUT2D eigenvalue weighted by Crippen LogP contribution is -2.49. The summed E-state index contributed by atoms with van der Waals surface area (Å²) in [5.41, 5.74) is 0.698. The highest BCUT2D eigenvalue weighted by Gasteiger charge is 2.22. The van der Waals surface area contributed by atoms with Crippen molar-refractivity contribution in [2.24, 2.45) is 0 Å². The van der Waals surface area contributed by atoms with Gasteiger partial charge in [-0.15, -0.1) is 0 Å². The molecular formula is C24H29ClN2O4. The second-order valence-electron chi connectivity index (χ2n) is 7.91. The van der Waals surface area contributed by atoms with Gasteiger partial charge in [0, 0.05) is 49.9 Å². The van der Waals surface area contributed by atoms with E-state index in [4.69, 9.17) is 25.8 Å². The van der Waals surface area contributed by atoms with Crippen molar-refractivity contribution in [1.29, 1.82) is 0 Å². The molecule has 2 heterocycles. The highest BCUT2D eigenvalue weighted by atomic mass is 35.5. The average Bonchev–Trinajstić information content (AvgIpc) is 3.33. The highest BCUT2D eigenvalue weighted by Crippen LogP contribution is 2.18. The summed E-state index contributed by atoms with van der Waals surface area (Å²) in [5, 5.41) is 0.703. The molecule has 2 aliphatic heterocycles. The molecule has 0 bridgehead atoms. The lowest BCUT2D eigenvalue weighted by atomic mass is 10.1. The third-order valence-corrected chi connectivity index (χ3v) is 5.96. The van der Waals surface area contributed by atoms with Crippen LogP contribution in [-0.2, 0) is 4.74 Å². The summed E-state index contributed by atoms with van der Waals surface area (Å²) in [5.74, 6) is 1.67. The predicted molar refractivity (Wildman–Crippen MR) is 120 cm³/mol. The van der Waals surface area contributed by atoms with E-state index in [2.05, 4.69) is 4.90 Å². The molecule has 2 fully saturated rings. The third kappa shape index (κ3) is 6.35. The SMILES string of the molecule is O=C(c1ccc(OC[C@H]2CCCO2)cc1)N1CCN(CCOc2ccc(Cl)cc2)CC1. The number of ether oxygens (including phenoxy) is 3. The number of hydrogen-bond acceptors (Lipinski definition) is 5. The number of benzene rings is 2. The summed E-state index contributed by atoms with van der Waals surface area (Å²) in [6.07, 6.45) is 2.34. The van der Waals surface area contributed by atoms with Crippen LogP contribution in [0.1, 0.15) is 23.2 Å². The monoisotopic (exact) mass is 444 g/mol. The van der Waals surface area contributed by atoms with Gasteiger partial charge in [0.1, 0.15) is 24.7 Å². The quantitative estimate of drug-likeness (QED) is 0.621. The number of halogens is 1. The highest BCUT2D eigenvalue weighted by molar-refractivity contribution is 6.30. The number of carbonyl (C=O) groups is 1. The van der Waals surface area contributed by atoms with Crippen molar-refractivity contribution in [2.45, 2.75) is 18.9 Å².